The normalized spacial score (nSPS) is 16.6. The number of aromatic nitrogens is 3. The molecule has 0 unspecified atom stereocenters. The van der Waals surface area contributed by atoms with Crippen molar-refractivity contribution >= 4 is 15.5 Å². The van der Waals surface area contributed by atoms with E-state index in [1.54, 1.807) is 24.5 Å². The van der Waals surface area contributed by atoms with Crippen LogP contribution in [-0.2, 0) is 9.84 Å². The van der Waals surface area contributed by atoms with Crippen molar-refractivity contribution in [3.8, 4) is 5.69 Å². The molecule has 0 spiro atoms. The molecule has 1 N–H and O–H groups in total. The first kappa shape index (κ1) is 15.0. The summed E-state index contributed by atoms with van der Waals surface area (Å²) in [4.78, 5) is 1.73. The zero-order valence-electron chi connectivity index (χ0n) is 12.6. The summed E-state index contributed by atoms with van der Waals surface area (Å²) in [5.74, 6) is 0. The van der Waals surface area contributed by atoms with Crippen LogP contribution < -0.4 is 5.32 Å². The van der Waals surface area contributed by atoms with E-state index in [2.05, 4.69) is 15.5 Å². The average molecular weight is 320 g/mol. The van der Waals surface area contributed by atoms with Crippen molar-refractivity contribution in [2.24, 2.45) is 0 Å². The summed E-state index contributed by atoms with van der Waals surface area (Å²) in [6.07, 6.45) is 10.4. The van der Waals surface area contributed by atoms with Gasteiger partial charge in [-0.15, -0.1) is 4.80 Å². The van der Waals surface area contributed by atoms with Gasteiger partial charge in [0.25, 0.3) is 0 Å². The maximum atomic E-state index is 11.8. The monoisotopic (exact) mass is 320 g/mol. The third-order valence-electron chi connectivity index (χ3n) is 4.00. The van der Waals surface area contributed by atoms with E-state index in [4.69, 9.17) is 0 Å². The third kappa shape index (κ3) is 3.30. The number of hydrogen-bond acceptors (Lipinski definition) is 5. The van der Waals surface area contributed by atoms with Crippen LogP contribution in [0.2, 0.25) is 0 Å². The van der Waals surface area contributed by atoms with Crippen LogP contribution in [0.4, 0.5) is 5.69 Å². The van der Waals surface area contributed by atoms with Crippen LogP contribution in [0.25, 0.3) is 5.69 Å². The van der Waals surface area contributed by atoms with Gasteiger partial charge in [-0.2, -0.15) is 10.2 Å². The Balaban J connectivity index is 1.98. The lowest BCUT2D eigenvalue weighted by Crippen LogP contribution is -2.23. The van der Waals surface area contributed by atoms with Crippen molar-refractivity contribution in [1.29, 1.82) is 0 Å². The van der Waals surface area contributed by atoms with Gasteiger partial charge in [0, 0.05) is 12.3 Å². The number of sulfone groups is 1. The molecule has 118 valence electrons. The molecule has 22 heavy (non-hydrogen) atoms. The minimum absolute atomic E-state index is 0.272. The predicted molar refractivity (Wildman–Crippen MR) is 85.0 cm³/mol. The zero-order chi connectivity index (χ0) is 15.6. The van der Waals surface area contributed by atoms with Crippen LogP contribution in [0.5, 0.6) is 0 Å². The van der Waals surface area contributed by atoms with Crippen molar-refractivity contribution in [2.75, 3.05) is 11.6 Å². The van der Waals surface area contributed by atoms with Crippen molar-refractivity contribution < 1.29 is 8.42 Å². The molecule has 2 aromatic rings. The van der Waals surface area contributed by atoms with Crippen LogP contribution in [0.3, 0.4) is 0 Å². The van der Waals surface area contributed by atoms with Gasteiger partial charge in [0.1, 0.15) is 5.69 Å². The number of hydrogen-bond donors (Lipinski definition) is 1. The maximum Gasteiger partial charge on any atom is 0.175 e. The molecule has 0 bridgehead atoms. The molecule has 0 saturated heterocycles. The number of nitrogens with zero attached hydrogens (tertiary/aromatic N) is 3. The molecule has 1 heterocycles. The van der Waals surface area contributed by atoms with Crippen molar-refractivity contribution in [1.82, 2.24) is 15.0 Å². The second kappa shape index (κ2) is 6.08. The summed E-state index contributed by atoms with van der Waals surface area (Å²) < 4.78 is 23.6. The summed E-state index contributed by atoms with van der Waals surface area (Å²) in [6.45, 7) is 0. The SMILES string of the molecule is CS(=O)(=O)c1ccc(NC2CCCCC2)c(-n2nccn2)c1. The molecule has 6 nitrogen and oxygen atoms in total. The van der Waals surface area contributed by atoms with Gasteiger partial charge in [0.15, 0.2) is 9.84 Å². The number of rotatable bonds is 4. The van der Waals surface area contributed by atoms with Gasteiger partial charge in [0.2, 0.25) is 0 Å². The highest BCUT2D eigenvalue weighted by Crippen LogP contribution is 2.27. The van der Waals surface area contributed by atoms with Gasteiger partial charge < -0.3 is 5.32 Å². The minimum Gasteiger partial charge on any atom is -0.381 e. The average Bonchev–Trinajstić information content (AvgIpc) is 3.01. The predicted octanol–water partition coefficient (Wildman–Crippen LogP) is 2.42. The Bertz CT molecular complexity index is 735. The van der Waals surface area contributed by atoms with Gasteiger partial charge >= 0.3 is 0 Å². The van der Waals surface area contributed by atoms with E-state index in [9.17, 15) is 8.42 Å². The van der Waals surface area contributed by atoms with Crippen LogP contribution in [0, 0.1) is 0 Å². The van der Waals surface area contributed by atoms with Crippen LogP contribution >= 0.6 is 0 Å². The van der Waals surface area contributed by atoms with E-state index in [1.807, 2.05) is 6.07 Å². The second-order valence-electron chi connectivity index (χ2n) is 5.75. The molecule has 1 aromatic carbocycles. The molecule has 7 heteroatoms. The molecule has 1 fully saturated rings. The molecule has 0 radical (unpaired) electrons. The number of nitrogens with one attached hydrogen (secondary N) is 1. The van der Waals surface area contributed by atoms with E-state index < -0.39 is 9.84 Å². The summed E-state index contributed by atoms with van der Waals surface area (Å²) in [7, 11) is -3.26. The van der Waals surface area contributed by atoms with E-state index >= 15 is 0 Å². The fraction of sp³-hybridized carbons (Fsp3) is 0.467. The highest BCUT2D eigenvalue weighted by atomic mass is 32.2. The van der Waals surface area contributed by atoms with Gasteiger partial charge in [-0.25, -0.2) is 8.42 Å². The molecule has 1 aliphatic rings. The minimum atomic E-state index is -3.26. The third-order valence-corrected chi connectivity index (χ3v) is 5.11. The van der Waals surface area contributed by atoms with Crippen molar-refractivity contribution in [3.63, 3.8) is 0 Å². The largest absolute Gasteiger partial charge is 0.381 e. The lowest BCUT2D eigenvalue weighted by Gasteiger charge is -2.25. The number of benzene rings is 1. The topological polar surface area (TPSA) is 76.9 Å². The quantitative estimate of drug-likeness (QED) is 0.936. The highest BCUT2D eigenvalue weighted by Gasteiger charge is 2.17. The van der Waals surface area contributed by atoms with Crippen molar-refractivity contribution in [2.45, 2.75) is 43.0 Å². The molecule has 1 saturated carbocycles. The smallest absolute Gasteiger partial charge is 0.175 e. The Morgan fingerprint density at radius 2 is 1.82 bits per heavy atom. The summed E-state index contributed by atoms with van der Waals surface area (Å²) in [5, 5.41) is 11.8. The lowest BCUT2D eigenvalue weighted by molar-refractivity contribution is 0.462. The first-order chi connectivity index (χ1) is 10.5. The Labute approximate surface area is 130 Å². The molecule has 0 amide bonds. The van der Waals surface area contributed by atoms with Crippen LogP contribution in [0.15, 0.2) is 35.5 Å². The fourth-order valence-corrected chi connectivity index (χ4v) is 3.48. The zero-order valence-corrected chi connectivity index (χ0v) is 13.4. The van der Waals surface area contributed by atoms with Crippen LogP contribution in [-0.4, -0.2) is 35.7 Å². The Hall–Kier alpha value is -1.89. The molecule has 0 atom stereocenters. The fourth-order valence-electron chi connectivity index (χ4n) is 2.84. The van der Waals surface area contributed by atoms with E-state index in [1.165, 1.54) is 30.3 Å². The molecular weight excluding hydrogens is 300 g/mol. The second-order valence-corrected chi connectivity index (χ2v) is 7.76. The first-order valence-electron chi connectivity index (χ1n) is 7.51. The van der Waals surface area contributed by atoms with Crippen LogP contribution in [0.1, 0.15) is 32.1 Å². The Morgan fingerprint density at radius 3 is 2.45 bits per heavy atom. The molecule has 3 rings (SSSR count). The lowest BCUT2D eigenvalue weighted by atomic mass is 9.95. The van der Waals surface area contributed by atoms with E-state index in [0.29, 0.717) is 11.7 Å². The molecule has 0 aliphatic heterocycles. The van der Waals surface area contributed by atoms with E-state index in [-0.39, 0.29) is 4.90 Å². The molecule has 1 aliphatic carbocycles. The number of anilines is 1. The highest BCUT2D eigenvalue weighted by molar-refractivity contribution is 7.90. The summed E-state index contributed by atoms with van der Waals surface area (Å²) >= 11 is 0. The Kier molecular flexibility index (Phi) is 4.15. The van der Waals surface area contributed by atoms with Crippen molar-refractivity contribution in [3.05, 3.63) is 30.6 Å². The standard InChI is InChI=1S/C15H20N4O2S/c1-22(20,21)13-7-8-14(18-12-5-3-2-4-6-12)15(11-13)19-16-9-10-17-19/h7-12,18H,2-6H2,1H3. The Morgan fingerprint density at radius 1 is 1.14 bits per heavy atom. The summed E-state index contributed by atoms with van der Waals surface area (Å²) in [5.41, 5.74) is 1.54. The summed E-state index contributed by atoms with van der Waals surface area (Å²) in [6, 6.07) is 5.49. The van der Waals surface area contributed by atoms with E-state index in [0.717, 1.165) is 18.5 Å². The molecule has 1 aromatic heterocycles. The first-order valence-corrected chi connectivity index (χ1v) is 9.40. The van der Waals surface area contributed by atoms with Gasteiger partial charge in [-0.3, -0.25) is 0 Å². The van der Waals surface area contributed by atoms with Gasteiger partial charge in [-0.05, 0) is 31.0 Å². The maximum absolute atomic E-state index is 11.8. The molecular formula is C15H20N4O2S. The van der Waals surface area contributed by atoms with Gasteiger partial charge in [-0.1, -0.05) is 19.3 Å². The van der Waals surface area contributed by atoms with Gasteiger partial charge in [0.05, 0.1) is 23.0 Å².